The van der Waals surface area contributed by atoms with E-state index in [1.54, 1.807) is 12.1 Å². The molecule has 1 aliphatic rings. The molecule has 0 aromatic heterocycles. The topological polar surface area (TPSA) is 18.5 Å². The molecule has 0 radical (unpaired) electrons. The summed E-state index contributed by atoms with van der Waals surface area (Å²) in [5.74, 6) is 1.42. The van der Waals surface area contributed by atoms with Crippen LogP contribution < -0.4 is 9.47 Å². The Morgan fingerprint density at radius 2 is 2.44 bits per heavy atom. The number of rotatable bonds is 0. The summed E-state index contributed by atoms with van der Waals surface area (Å²) >= 11 is 0. The molecule has 0 bridgehead atoms. The molecule has 0 unspecified atom stereocenters. The second-order valence-electron chi connectivity index (χ2n) is 1.70. The van der Waals surface area contributed by atoms with E-state index < -0.39 is 0 Å². The fourth-order valence-electron chi connectivity index (χ4n) is 0.735. The highest BCUT2D eigenvalue weighted by atomic mass is 16.7. The minimum atomic E-state index is 0.309. The molecule has 0 spiro atoms. The highest BCUT2D eigenvalue weighted by Gasteiger charge is 2.09. The average molecular weight is 120 g/mol. The quantitative estimate of drug-likeness (QED) is 0.508. The molecular weight excluding hydrogens is 116 g/mol. The van der Waals surface area contributed by atoms with Crippen LogP contribution in [-0.2, 0) is 0 Å². The van der Waals surface area contributed by atoms with Gasteiger partial charge in [0.1, 0.15) is 0 Å². The SMILES string of the molecule is c1ccc2c(c#1)OCO2. The van der Waals surface area contributed by atoms with Gasteiger partial charge in [0.25, 0.3) is 0 Å². The van der Waals surface area contributed by atoms with E-state index in [2.05, 4.69) is 12.1 Å². The summed E-state index contributed by atoms with van der Waals surface area (Å²) in [5, 5.41) is 0. The van der Waals surface area contributed by atoms with Crippen molar-refractivity contribution >= 4 is 0 Å². The van der Waals surface area contributed by atoms with Crippen molar-refractivity contribution in [1.29, 1.82) is 0 Å². The van der Waals surface area contributed by atoms with Crippen molar-refractivity contribution in [1.82, 2.24) is 0 Å². The number of fused-ring (bicyclic) bond motifs is 1. The van der Waals surface area contributed by atoms with E-state index in [0.29, 0.717) is 12.5 Å². The Balaban J connectivity index is 2.54. The van der Waals surface area contributed by atoms with Crippen molar-refractivity contribution in [3.05, 3.63) is 24.3 Å². The third-order valence-electron chi connectivity index (χ3n) is 1.15. The fraction of sp³-hybridized carbons (Fsp3) is 0.143. The summed E-state index contributed by atoms with van der Waals surface area (Å²) in [4.78, 5) is 0. The first-order chi connectivity index (χ1) is 4.47. The third kappa shape index (κ3) is 0.584. The standard InChI is InChI=1S/C7H4O2/c1-2-4-7-6(3-1)8-5-9-7/h1,3H,5H2. The molecule has 1 aromatic rings. The number of ether oxygens (including phenoxy) is 2. The Labute approximate surface area is 53.0 Å². The minimum absolute atomic E-state index is 0.309. The molecule has 0 amide bonds. The van der Waals surface area contributed by atoms with Gasteiger partial charge in [0, 0.05) is 0 Å². The van der Waals surface area contributed by atoms with Crippen molar-refractivity contribution < 1.29 is 9.47 Å². The molecule has 2 rings (SSSR count). The van der Waals surface area contributed by atoms with Gasteiger partial charge in [0.15, 0.2) is 5.75 Å². The molecule has 0 N–H and O–H groups in total. The van der Waals surface area contributed by atoms with Crippen LogP contribution in [0.15, 0.2) is 12.1 Å². The molecule has 0 aliphatic carbocycles. The average Bonchev–Trinajstić information content (AvgIpc) is 2.33. The summed E-state index contributed by atoms with van der Waals surface area (Å²) in [6.07, 6.45) is 0. The molecule has 2 heteroatoms. The highest BCUT2D eigenvalue weighted by molar-refractivity contribution is 5.37. The van der Waals surface area contributed by atoms with Gasteiger partial charge in [0.2, 0.25) is 12.5 Å². The Bertz CT molecular complexity index is 197. The van der Waals surface area contributed by atoms with Crippen molar-refractivity contribution in [3.8, 4) is 11.5 Å². The highest BCUT2D eigenvalue weighted by Crippen LogP contribution is 2.27. The molecule has 0 atom stereocenters. The van der Waals surface area contributed by atoms with Crippen LogP contribution in [0.4, 0.5) is 0 Å². The second kappa shape index (κ2) is 1.56. The molecule has 0 fully saturated rings. The van der Waals surface area contributed by atoms with E-state index in [4.69, 9.17) is 9.47 Å². The molecule has 1 aromatic carbocycles. The zero-order valence-corrected chi connectivity index (χ0v) is 4.68. The predicted molar refractivity (Wildman–Crippen MR) is 30.2 cm³/mol. The van der Waals surface area contributed by atoms with E-state index in [-0.39, 0.29) is 0 Å². The van der Waals surface area contributed by atoms with Crippen LogP contribution in [0.1, 0.15) is 0 Å². The van der Waals surface area contributed by atoms with Crippen LogP contribution >= 0.6 is 0 Å². The summed E-state index contributed by atoms with van der Waals surface area (Å²) in [7, 11) is 0. The second-order valence-corrected chi connectivity index (χ2v) is 1.70. The van der Waals surface area contributed by atoms with Crippen LogP contribution in [0.2, 0.25) is 0 Å². The Morgan fingerprint density at radius 3 is 3.33 bits per heavy atom. The fourth-order valence-corrected chi connectivity index (χ4v) is 0.735. The van der Waals surface area contributed by atoms with E-state index in [0.717, 1.165) is 5.75 Å². The Hall–Kier alpha value is -1.36. The van der Waals surface area contributed by atoms with Gasteiger partial charge in [0.05, 0.1) is 0 Å². The van der Waals surface area contributed by atoms with E-state index >= 15 is 0 Å². The first-order valence-electron chi connectivity index (χ1n) is 2.65. The maximum Gasteiger partial charge on any atom is 0.232 e. The van der Waals surface area contributed by atoms with E-state index in [1.807, 2.05) is 0 Å². The summed E-state index contributed by atoms with van der Waals surface area (Å²) in [6.45, 7) is 0.309. The van der Waals surface area contributed by atoms with Gasteiger partial charge in [-0.15, -0.1) is 0 Å². The zero-order chi connectivity index (χ0) is 6.10. The maximum absolute atomic E-state index is 5.02. The van der Waals surface area contributed by atoms with Crippen molar-refractivity contribution in [2.45, 2.75) is 0 Å². The van der Waals surface area contributed by atoms with Gasteiger partial charge in [-0.2, -0.15) is 0 Å². The molecule has 44 valence electrons. The number of hydrogen-bond acceptors (Lipinski definition) is 2. The Kier molecular flexibility index (Phi) is 0.782. The van der Waals surface area contributed by atoms with Gasteiger partial charge in [-0.1, -0.05) is 6.07 Å². The molecule has 9 heavy (non-hydrogen) atoms. The lowest BCUT2D eigenvalue weighted by Crippen LogP contribution is -1.92. The van der Waals surface area contributed by atoms with Gasteiger partial charge < -0.3 is 9.47 Å². The first kappa shape index (κ1) is 4.51. The largest absolute Gasteiger partial charge is 0.453 e. The van der Waals surface area contributed by atoms with Crippen molar-refractivity contribution in [2.24, 2.45) is 0 Å². The molecule has 0 saturated heterocycles. The summed E-state index contributed by atoms with van der Waals surface area (Å²) in [6, 6.07) is 9.09. The lowest BCUT2D eigenvalue weighted by Gasteiger charge is -1.85. The smallest absolute Gasteiger partial charge is 0.232 e. The monoisotopic (exact) mass is 120 g/mol. The van der Waals surface area contributed by atoms with E-state index in [1.165, 1.54) is 0 Å². The van der Waals surface area contributed by atoms with E-state index in [9.17, 15) is 0 Å². The lowest BCUT2D eigenvalue weighted by molar-refractivity contribution is 0.174. The van der Waals surface area contributed by atoms with Gasteiger partial charge >= 0.3 is 0 Å². The van der Waals surface area contributed by atoms with Crippen LogP contribution in [0.5, 0.6) is 11.5 Å². The van der Waals surface area contributed by atoms with Crippen LogP contribution in [0.25, 0.3) is 0 Å². The van der Waals surface area contributed by atoms with Crippen molar-refractivity contribution in [3.63, 3.8) is 0 Å². The molecule has 0 saturated carbocycles. The number of hydrogen-bond donors (Lipinski definition) is 0. The van der Waals surface area contributed by atoms with Crippen LogP contribution in [0.3, 0.4) is 0 Å². The lowest BCUT2D eigenvalue weighted by atomic mass is 10.4. The first-order valence-corrected chi connectivity index (χ1v) is 2.65. The van der Waals surface area contributed by atoms with Gasteiger partial charge in [-0.25, -0.2) is 0 Å². The normalized spacial score (nSPS) is 12.9. The zero-order valence-electron chi connectivity index (χ0n) is 4.68. The molecular formula is C7H4O2. The predicted octanol–water partition coefficient (Wildman–Crippen LogP) is 1.02. The minimum Gasteiger partial charge on any atom is -0.453 e. The summed E-state index contributed by atoms with van der Waals surface area (Å²) < 4.78 is 10.0. The Morgan fingerprint density at radius 1 is 1.44 bits per heavy atom. The molecule has 1 heterocycles. The van der Waals surface area contributed by atoms with Gasteiger partial charge in [-0.3, -0.25) is 0 Å². The van der Waals surface area contributed by atoms with Crippen molar-refractivity contribution in [2.75, 3.05) is 6.79 Å². The van der Waals surface area contributed by atoms with Crippen LogP contribution in [-0.4, -0.2) is 6.79 Å². The summed E-state index contributed by atoms with van der Waals surface area (Å²) in [5.41, 5.74) is 0. The molecule has 1 aliphatic heterocycles. The molecule has 2 nitrogen and oxygen atoms in total. The van der Waals surface area contributed by atoms with Gasteiger partial charge in [-0.05, 0) is 18.2 Å². The van der Waals surface area contributed by atoms with Crippen LogP contribution in [0, 0.1) is 12.1 Å². The maximum atomic E-state index is 5.02. The third-order valence-corrected chi connectivity index (χ3v) is 1.15.